The second-order valence-corrected chi connectivity index (χ2v) is 8.55. The smallest absolute Gasteiger partial charge is 0.332 e. The topological polar surface area (TPSA) is 113 Å². The molecule has 4 aromatic rings. The number of halogens is 1. The summed E-state index contributed by atoms with van der Waals surface area (Å²) < 4.78 is 5.29. The SMILES string of the molecule is O=C(NC(Cc1ccc(-c2ccccc2)cc1)CC(O)C(=O)O)c1cc(-c2ccc(Cl)cc2)on1. The van der Waals surface area contributed by atoms with E-state index in [9.17, 15) is 14.7 Å². The van der Waals surface area contributed by atoms with Gasteiger partial charge in [-0.1, -0.05) is 71.4 Å². The van der Waals surface area contributed by atoms with E-state index in [0.717, 1.165) is 16.7 Å². The van der Waals surface area contributed by atoms with E-state index in [4.69, 9.17) is 21.2 Å². The van der Waals surface area contributed by atoms with Crippen LogP contribution in [-0.2, 0) is 11.2 Å². The Bertz CT molecular complexity index is 1290. The van der Waals surface area contributed by atoms with Crippen molar-refractivity contribution in [3.05, 3.63) is 101 Å². The highest BCUT2D eigenvalue weighted by atomic mass is 35.5. The first kappa shape index (κ1) is 24.2. The van der Waals surface area contributed by atoms with E-state index in [2.05, 4.69) is 10.5 Å². The molecule has 1 aromatic heterocycles. The number of amides is 1. The molecule has 0 saturated heterocycles. The molecule has 0 radical (unpaired) electrons. The zero-order valence-electron chi connectivity index (χ0n) is 18.6. The molecule has 3 aromatic carbocycles. The van der Waals surface area contributed by atoms with Crippen molar-refractivity contribution in [2.24, 2.45) is 0 Å². The first-order chi connectivity index (χ1) is 16.9. The van der Waals surface area contributed by atoms with Gasteiger partial charge in [-0.2, -0.15) is 0 Å². The van der Waals surface area contributed by atoms with E-state index in [-0.39, 0.29) is 12.1 Å². The van der Waals surface area contributed by atoms with Crippen LogP contribution in [0.4, 0.5) is 0 Å². The van der Waals surface area contributed by atoms with E-state index in [1.54, 1.807) is 24.3 Å². The Balaban J connectivity index is 1.48. The van der Waals surface area contributed by atoms with Gasteiger partial charge in [-0.3, -0.25) is 4.79 Å². The van der Waals surface area contributed by atoms with Gasteiger partial charge in [0.2, 0.25) is 0 Å². The van der Waals surface area contributed by atoms with Crippen LogP contribution in [0.2, 0.25) is 5.02 Å². The van der Waals surface area contributed by atoms with Crippen molar-refractivity contribution in [1.82, 2.24) is 10.5 Å². The summed E-state index contributed by atoms with van der Waals surface area (Å²) in [6.07, 6.45) is -1.46. The van der Waals surface area contributed by atoms with Crippen molar-refractivity contribution >= 4 is 23.5 Å². The minimum Gasteiger partial charge on any atom is -0.479 e. The molecule has 2 atom stereocenters. The van der Waals surface area contributed by atoms with Gasteiger partial charge in [0.15, 0.2) is 17.6 Å². The van der Waals surface area contributed by atoms with Crippen LogP contribution in [-0.4, -0.2) is 39.4 Å². The fourth-order valence-electron chi connectivity index (χ4n) is 3.70. The molecular weight excluding hydrogens is 468 g/mol. The number of aromatic nitrogens is 1. The maximum absolute atomic E-state index is 12.9. The second kappa shape index (κ2) is 11.0. The molecule has 0 aliphatic carbocycles. The van der Waals surface area contributed by atoms with Crippen LogP contribution < -0.4 is 5.32 Å². The number of benzene rings is 3. The summed E-state index contributed by atoms with van der Waals surface area (Å²) in [5, 5.41) is 26.3. The van der Waals surface area contributed by atoms with Crippen molar-refractivity contribution in [2.75, 3.05) is 0 Å². The summed E-state index contributed by atoms with van der Waals surface area (Å²) in [7, 11) is 0. The van der Waals surface area contributed by atoms with Gasteiger partial charge in [-0.05, 0) is 47.4 Å². The average molecular weight is 491 g/mol. The van der Waals surface area contributed by atoms with Crippen LogP contribution in [0.3, 0.4) is 0 Å². The molecule has 1 amide bonds. The second-order valence-electron chi connectivity index (χ2n) is 8.11. The Morgan fingerprint density at radius 2 is 1.54 bits per heavy atom. The number of carbonyl (C=O) groups is 2. The number of carboxylic acid groups (broad SMARTS) is 1. The number of nitrogens with one attached hydrogen (secondary N) is 1. The number of carbonyl (C=O) groups excluding carboxylic acids is 1. The largest absolute Gasteiger partial charge is 0.479 e. The molecule has 0 aliphatic rings. The molecule has 35 heavy (non-hydrogen) atoms. The molecule has 0 bridgehead atoms. The number of hydrogen-bond donors (Lipinski definition) is 3. The van der Waals surface area contributed by atoms with Gasteiger partial charge in [0.1, 0.15) is 0 Å². The summed E-state index contributed by atoms with van der Waals surface area (Å²) in [4.78, 5) is 24.1. The third-order valence-corrected chi connectivity index (χ3v) is 5.79. The summed E-state index contributed by atoms with van der Waals surface area (Å²) in [6, 6.07) is 25.4. The van der Waals surface area contributed by atoms with E-state index < -0.39 is 24.0 Å². The lowest BCUT2D eigenvalue weighted by Gasteiger charge is -2.20. The highest BCUT2D eigenvalue weighted by Gasteiger charge is 2.24. The Morgan fingerprint density at radius 1 is 0.914 bits per heavy atom. The lowest BCUT2D eigenvalue weighted by Crippen LogP contribution is -2.40. The Labute approximate surface area is 207 Å². The van der Waals surface area contributed by atoms with Gasteiger partial charge >= 0.3 is 5.97 Å². The van der Waals surface area contributed by atoms with Gasteiger partial charge in [0.25, 0.3) is 5.91 Å². The maximum Gasteiger partial charge on any atom is 0.332 e. The highest BCUT2D eigenvalue weighted by Crippen LogP contribution is 2.23. The minimum absolute atomic E-state index is 0.0455. The Hall–Kier alpha value is -3.94. The summed E-state index contributed by atoms with van der Waals surface area (Å²) in [5.74, 6) is -1.49. The molecule has 4 rings (SSSR count). The van der Waals surface area contributed by atoms with Crippen LogP contribution in [0.1, 0.15) is 22.5 Å². The Morgan fingerprint density at radius 3 is 2.20 bits per heavy atom. The first-order valence-corrected chi connectivity index (χ1v) is 11.4. The lowest BCUT2D eigenvalue weighted by molar-refractivity contribution is -0.147. The van der Waals surface area contributed by atoms with Crippen molar-refractivity contribution in [2.45, 2.75) is 25.0 Å². The molecule has 2 unspecified atom stereocenters. The van der Waals surface area contributed by atoms with E-state index >= 15 is 0 Å². The van der Waals surface area contributed by atoms with Crippen molar-refractivity contribution < 1.29 is 24.3 Å². The monoisotopic (exact) mass is 490 g/mol. The maximum atomic E-state index is 12.9. The quantitative estimate of drug-likeness (QED) is 0.309. The molecule has 0 aliphatic heterocycles. The fourth-order valence-corrected chi connectivity index (χ4v) is 3.83. The van der Waals surface area contributed by atoms with Gasteiger partial charge in [0.05, 0.1) is 0 Å². The molecule has 8 heteroatoms. The van der Waals surface area contributed by atoms with Crippen LogP contribution in [0.15, 0.2) is 89.5 Å². The average Bonchev–Trinajstić information content (AvgIpc) is 3.36. The lowest BCUT2D eigenvalue weighted by atomic mass is 9.97. The normalized spacial score (nSPS) is 12.6. The van der Waals surface area contributed by atoms with Gasteiger partial charge < -0.3 is 20.1 Å². The summed E-state index contributed by atoms with van der Waals surface area (Å²) in [6.45, 7) is 0. The third kappa shape index (κ3) is 6.35. The van der Waals surface area contributed by atoms with Crippen LogP contribution >= 0.6 is 11.6 Å². The fraction of sp³-hybridized carbons (Fsp3) is 0.148. The number of nitrogens with zero attached hydrogens (tertiary/aromatic N) is 1. The van der Waals surface area contributed by atoms with Crippen molar-refractivity contribution in [3.63, 3.8) is 0 Å². The molecule has 3 N–H and O–H groups in total. The third-order valence-electron chi connectivity index (χ3n) is 5.54. The summed E-state index contributed by atoms with van der Waals surface area (Å²) in [5.41, 5.74) is 3.75. The predicted octanol–water partition coefficient (Wildman–Crippen LogP) is 4.84. The van der Waals surface area contributed by atoms with Gasteiger partial charge in [-0.15, -0.1) is 0 Å². The number of aliphatic carboxylic acids is 1. The molecule has 178 valence electrons. The number of rotatable bonds is 9. The zero-order valence-corrected chi connectivity index (χ0v) is 19.4. The number of carboxylic acids is 1. The van der Waals surface area contributed by atoms with E-state index in [1.165, 1.54) is 6.07 Å². The number of aliphatic hydroxyl groups excluding tert-OH is 1. The standard InChI is InChI=1S/C27H23ClN2O5/c28-21-12-10-20(11-13-21)25-16-23(30-35-25)26(32)29-22(15-24(31)27(33)34)14-17-6-8-19(9-7-17)18-4-2-1-3-5-18/h1-13,16,22,24,31H,14-15H2,(H,29,32)(H,33,34). The first-order valence-electron chi connectivity index (χ1n) is 11.0. The van der Waals surface area contributed by atoms with E-state index in [0.29, 0.717) is 22.8 Å². The highest BCUT2D eigenvalue weighted by molar-refractivity contribution is 6.30. The minimum atomic E-state index is -1.62. The number of hydrogen-bond acceptors (Lipinski definition) is 5. The molecule has 0 saturated carbocycles. The summed E-state index contributed by atoms with van der Waals surface area (Å²) >= 11 is 5.91. The molecule has 0 spiro atoms. The van der Waals surface area contributed by atoms with Gasteiger partial charge in [0, 0.05) is 29.1 Å². The predicted molar refractivity (Wildman–Crippen MR) is 132 cm³/mol. The van der Waals surface area contributed by atoms with Crippen LogP contribution in [0, 0.1) is 0 Å². The van der Waals surface area contributed by atoms with E-state index in [1.807, 2.05) is 54.6 Å². The zero-order chi connectivity index (χ0) is 24.8. The van der Waals surface area contributed by atoms with Gasteiger partial charge in [-0.25, -0.2) is 4.79 Å². The number of aliphatic hydroxyl groups is 1. The molecule has 7 nitrogen and oxygen atoms in total. The Kier molecular flexibility index (Phi) is 7.60. The van der Waals surface area contributed by atoms with Crippen molar-refractivity contribution in [3.8, 4) is 22.5 Å². The molecular formula is C27H23ClN2O5. The van der Waals surface area contributed by atoms with Crippen molar-refractivity contribution in [1.29, 1.82) is 0 Å². The molecule has 0 fully saturated rings. The van der Waals surface area contributed by atoms with Crippen LogP contribution in [0.25, 0.3) is 22.5 Å². The van der Waals surface area contributed by atoms with Crippen LogP contribution in [0.5, 0.6) is 0 Å². The molecule has 1 heterocycles.